The number of nitrogens with zero attached hydrogens (tertiary/aromatic N) is 1. The summed E-state index contributed by atoms with van der Waals surface area (Å²) in [5, 5.41) is 11.5. The van der Waals surface area contributed by atoms with Crippen molar-refractivity contribution in [3.05, 3.63) is 46.8 Å². The highest BCUT2D eigenvalue weighted by Crippen LogP contribution is 2.41. The van der Waals surface area contributed by atoms with E-state index < -0.39 is 45.0 Å². The number of aliphatic carboxylic acids is 1. The summed E-state index contributed by atoms with van der Waals surface area (Å²) in [6.45, 7) is 0. The number of carboxylic acid groups (broad SMARTS) is 1. The number of fused-ring (bicyclic) bond motifs is 1. The molecule has 1 aliphatic carbocycles. The third-order valence-corrected chi connectivity index (χ3v) is 4.88. The maximum atomic E-state index is 13.8. The van der Waals surface area contributed by atoms with Crippen molar-refractivity contribution in [3.63, 3.8) is 0 Å². The summed E-state index contributed by atoms with van der Waals surface area (Å²) < 4.78 is 59.6. The Morgan fingerprint density at radius 1 is 1.35 bits per heavy atom. The molecule has 0 bridgehead atoms. The van der Waals surface area contributed by atoms with Crippen LogP contribution in [0.5, 0.6) is 0 Å². The van der Waals surface area contributed by atoms with E-state index in [1.807, 2.05) is 0 Å². The fourth-order valence-corrected chi connectivity index (χ4v) is 3.86. The second kappa shape index (κ2) is 5.17. The molecule has 0 amide bonds. The van der Waals surface area contributed by atoms with Crippen LogP contribution in [0, 0.1) is 11.6 Å². The number of carboxylic acids is 1. The van der Waals surface area contributed by atoms with Gasteiger partial charge in [-0.1, -0.05) is 0 Å². The molecule has 2 aliphatic rings. The smallest absolute Gasteiger partial charge is 0.353 e. The van der Waals surface area contributed by atoms with Gasteiger partial charge in [0.2, 0.25) is 5.50 Å². The van der Waals surface area contributed by atoms with Crippen molar-refractivity contribution >= 4 is 16.1 Å². The van der Waals surface area contributed by atoms with Gasteiger partial charge in [0.05, 0.1) is 6.04 Å². The summed E-state index contributed by atoms with van der Waals surface area (Å²) in [6.07, 6.45) is 1.33. The third kappa shape index (κ3) is 2.53. The van der Waals surface area contributed by atoms with Gasteiger partial charge >= 0.3 is 16.1 Å². The van der Waals surface area contributed by atoms with Gasteiger partial charge < -0.3 is 15.3 Å². The highest BCUT2D eigenvalue weighted by molar-refractivity contribution is 7.86. The summed E-state index contributed by atoms with van der Waals surface area (Å²) in [5.74, 6) is -3.03. The first-order valence-corrected chi connectivity index (χ1v) is 8.12. The number of nitrogens with one attached hydrogen (secondary N) is 1. The van der Waals surface area contributed by atoms with Crippen molar-refractivity contribution in [2.45, 2.75) is 24.4 Å². The van der Waals surface area contributed by atoms with E-state index in [0.717, 1.165) is 23.2 Å². The van der Waals surface area contributed by atoms with Crippen molar-refractivity contribution in [1.29, 1.82) is 0 Å². The highest BCUT2D eigenvalue weighted by atomic mass is 32.2. The molecule has 0 radical (unpaired) electrons. The Hall–Kier alpha value is -2.20. The Morgan fingerprint density at radius 2 is 2.04 bits per heavy atom. The molecule has 1 heterocycles. The number of rotatable bonds is 3. The molecule has 124 valence electrons. The van der Waals surface area contributed by atoms with Gasteiger partial charge in [-0.3, -0.25) is 4.55 Å². The van der Waals surface area contributed by atoms with E-state index >= 15 is 0 Å². The van der Waals surface area contributed by atoms with Crippen LogP contribution in [-0.2, 0) is 21.3 Å². The molecule has 2 unspecified atom stereocenters. The molecule has 0 aromatic heterocycles. The van der Waals surface area contributed by atoms with E-state index in [-0.39, 0.29) is 24.0 Å². The lowest BCUT2D eigenvalue weighted by atomic mass is 10.1. The maximum Gasteiger partial charge on any atom is 0.353 e. The number of benzene rings is 1. The molecule has 1 aromatic rings. The Kier molecular flexibility index (Phi) is 3.52. The molecule has 10 heteroatoms. The number of carbonyl (C=O) groups is 1. The molecule has 1 aromatic carbocycles. The van der Waals surface area contributed by atoms with Crippen LogP contribution < -0.4 is 5.32 Å². The first kappa shape index (κ1) is 15.7. The molecular formula is C13H12F2N2O5S. The van der Waals surface area contributed by atoms with Crippen LogP contribution in [0.1, 0.15) is 23.6 Å². The predicted octanol–water partition coefficient (Wildman–Crippen LogP) is 0.955. The van der Waals surface area contributed by atoms with E-state index in [1.165, 1.54) is 0 Å². The van der Waals surface area contributed by atoms with Crippen LogP contribution in [0.25, 0.3) is 0 Å². The monoisotopic (exact) mass is 346 g/mol. The molecule has 0 spiro atoms. The van der Waals surface area contributed by atoms with Crippen LogP contribution in [0.4, 0.5) is 8.78 Å². The van der Waals surface area contributed by atoms with Gasteiger partial charge in [-0.05, 0) is 30.0 Å². The molecule has 3 N–H and O–H groups in total. The van der Waals surface area contributed by atoms with E-state index in [1.54, 1.807) is 0 Å². The minimum Gasteiger partial charge on any atom is -0.477 e. The van der Waals surface area contributed by atoms with Crippen molar-refractivity contribution < 1.29 is 31.7 Å². The molecule has 2 atom stereocenters. The van der Waals surface area contributed by atoms with Crippen LogP contribution in [0.15, 0.2) is 24.0 Å². The zero-order chi connectivity index (χ0) is 16.9. The Morgan fingerprint density at radius 3 is 2.65 bits per heavy atom. The summed E-state index contributed by atoms with van der Waals surface area (Å²) in [4.78, 5) is 12.2. The van der Waals surface area contributed by atoms with Crippen molar-refractivity contribution in [2.24, 2.45) is 0 Å². The minimum absolute atomic E-state index is 0.173. The summed E-state index contributed by atoms with van der Waals surface area (Å²) in [7, 11) is -4.67. The molecule has 0 fully saturated rings. The minimum atomic E-state index is -4.67. The van der Waals surface area contributed by atoms with Gasteiger partial charge in [0, 0.05) is 12.3 Å². The zero-order valence-electron chi connectivity index (χ0n) is 11.5. The van der Waals surface area contributed by atoms with Crippen LogP contribution in [0.3, 0.4) is 0 Å². The van der Waals surface area contributed by atoms with Gasteiger partial charge in [0.1, 0.15) is 17.3 Å². The molecule has 0 saturated heterocycles. The van der Waals surface area contributed by atoms with Gasteiger partial charge in [0.15, 0.2) is 0 Å². The summed E-state index contributed by atoms with van der Waals surface area (Å²) >= 11 is 0. The normalized spacial score (nSPS) is 23.4. The van der Waals surface area contributed by atoms with Gasteiger partial charge in [-0.2, -0.15) is 8.42 Å². The highest BCUT2D eigenvalue weighted by Gasteiger charge is 2.44. The average molecular weight is 346 g/mol. The Labute approximate surface area is 130 Å². The largest absolute Gasteiger partial charge is 0.477 e. The summed E-state index contributed by atoms with van der Waals surface area (Å²) in [6, 6.07) is 0.881. The molecule has 1 aliphatic heterocycles. The molecule has 7 nitrogen and oxygen atoms in total. The lowest BCUT2D eigenvalue weighted by Gasteiger charge is -2.32. The number of hydrogen-bond donors (Lipinski definition) is 3. The van der Waals surface area contributed by atoms with E-state index in [4.69, 9.17) is 0 Å². The fourth-order valence-electron chi connectivity index (χ4n) is 3.07. The van der Waals surface area contributed by atoms with Crippen LogP contribution >= 0.6 is 0 Å². The standard InChI is InChI=1S/C13H12F2N2O5S/c14-6-3-8-7(9(15)4-6)1-2-10(8)17-11(12(18)19)5-16-13(17)23(20,21)22/h3-5,10,13,16H,1-2H2,(H,18,19)(H,20,21,22). The van der Waals surface area contributed by atoms with Gasteiger partial charge in [-0.25, -0.2) is 13.6 Å². The van der Waals surface area contributed by atoms with Crippen molar-refractivity contribution in [2.75, 3.05) is 0 Å². The third-order valence-electron chi connectivity index (χ3n) is 3.95. The lowest BCUT2D eigenvalue weighted by Crippen LogP contribution is -2.45. The molecule has 23 heavy (non-hydrogen) atoms. The van der Waals surface area contributed by atoms with E-state index in [2.05, 4.69) is 5.32 Å². The first-order valence-electron chi connectivity index (χ1n) is 6.62. The zero-order valence-corrected chi connectivity index (χ0v) is 12.3. The van der Waals surface area contributed by atoms with E-state index in [0.29, 0.717) is 0 Å². The lowest BCUT2D eigenvalue weighted by molar-refractivity contribution is -0.134. The fraction of sp³-hybridized carbons (Fsp3) is 0.308. The van der Waals surface area contributed by atoms with Gasteiger partial charge in [0.25, 0.3) is 0 Å². The Balaban J connectivity index is 2.10. The average Bonchev–Trinajstić information content (AvgIpc) is 3.00. The molecule has 3 rings (SSSR count). The second-order valence-electron chi connectivity index (χ2n) is 5.29. The maximum absolute atomic E-state index is 13.8. The SMILES string of the molecule is O=C(O)C1=CNC(S(=O)(=O)O)N1C1CCc2c(F)cc(F)cc21. The first-order chi connectivity index (χ1) is 10.7. The quantitative estimate of drug-likeness (QED) is 0.700. The topological polar surface area (TPSA) is 107 Å². The number of hydrogen-bond acceptors (Lipinski definition) is 5. The van der Waals surface area contributed by atoms with Crippen LogP contribution in [-0.4, -0.2) is 34.4 Å². The van der Waals surface area contributed by atoms with Crippen molar-refractivity contribution in [3.8, 4) is 0 Å². The predicted molar refractivity (Wildman–Crippen MR) is 73.5 cm³/mol. The molecule has 0 saturated carbocycles. The number of halogens is 2. The molecular weight excluding hydrogens is 334 g/mol. The van der Waals surface area contributed by atoms with Crippen LogP contribution in [0.2, 0.25) is 0 Å². The summed E-state index contributed by atoms with van der Waals surface area (Å²) in [5.41, 5.74) is -1.75. The van der Waals surface area contributed by atoms with E-state index in [9.17, 15) is 31.7 Å². The van der Waals surface area contributed by atoms with Gasteiger partial charge in [-0.15, -0.1) is 0 Å². The Bertz CT molecular complexity index is 824. The second-order valence-corrected chi connectivity index (χ2v) is 6.76. The van der Waals surface area contributed by atoms with Crippen molar-refractivity contribution in [1.82, 2.24) is 10.2 Å².